The third kappa shape index (κ3) is 6.78. The fraction of sp³-hybridized carbons (Fsp3) is 0.571. The van der Waals surface area contributed by atoms with Gasteiger partial charge in [-0.05, 0) is 24.3 Å². The van der Waals surface area contributed by atoms with Gasteiger partial charge >= 0.3 is 0 Å². The van der Waals surface area contributed by atoms with Gasteiger partial charge in [-0.15, -0.1) is 11.3 Å². The Morgan fingerprint density at radius 3 is 3.00 bits per heavy atom. The van der Waals surface area contributed by atoms with Crippen LogP contribution in [0.15, 0.2) is 12.1 Å². The molecular formula is C14H20OS2. The lowest BCUT2D eigenvalue weighted by Crippen LogP contribution is -1.80. The predicted molar refractivity (Wildman–Crippen MR) is 78.6 cm³/mol. The van der Waals surface area contributed by atoms with Crippen LogP contribution in [0.4, 0.5) is 0 Å². The minimum absolute atomic E-state index is 0.151. The van der Waals surface area contributed by atoms with Crippen molar-refractivity contribution in [3.8, 4) is 11.8 Å². The summed E-state index contributed by atoms with van der Waals surface area (Å²) >= 11 is 3.78. The first kappa shape index (κ1) is 14.6. The lowest BCUT2D eigenvalue weighted by molar-refractivity contribution is 0.305. The average molecular weight is 268 g/mol. The van der Waals surface area contributed by atoms with Crippen LogP contribution in [-0.4, -0.2) is 17.5 Å². The van der Waals surface area contributed by atoms with Gasteiger partial charge in [-0.3, -0.25) is 0 Å². The average Bonchev–Trinajstić information content (AvgIpc) is 2.77. The zero-order valence-electron chi connectivity index (χ0n) is 10.4. The van der Waals surface area contributed by atoms with Gasteiger partial charge < -0.3 is 5.11 Å². The van der Waals surface area contributed by atoms with Crippen LogP contribution in [0.1, 0.15) is 42.4 Å². The first-order valence-electron chi connectivity index (χ1n) is 6.13. The Morgan fingerprint density at radius 2 is 2.24 bits per heavy atom. The van der Waals surface area contributed by atoms with Crippen molar-refractivity contribution in [2.45, 2.75) is 38.4 Å². The third-order valence-corrected chi connectivity index (χ3v) is 4.52. The molecule has 0 atom stereocenters. The van der Waals surface area contributed by atoms with Crippen LogP contribution in [0.25, 0.3) is 0 Å². The van der Waals surface area contributed by atoms with E-state index in [0.717, 1.165) is 10.6 Å². The molecule has 0 unspecified atom stereocenters. The Morgan fingerprint density at radius 1 is 1.35 bits per heavy atom. The quantitative estimate of drug-likeness (QED) is 0.598. The number of thiophene rings is 1. The molecule has 0 radical (unpaired) electrons. The van der Waals surface area contributed by atoms with Crippen molar-refractivity contribution in [1.29, 1.82) is 0 Å². The topological polar surface area (TPSA) is 20.2 Å². The molecule has 0 aliphatic heterocycles. The SMILES string of the molecule is CCCCCSCc1ccc(C#CCCO)s1. The molecule has 1 rings (SSSR count). The van der Waals surface area contributed by atoms with Gasteiger partial charge in [0.2, 0.25) is 0 Å². The number of aliphatic hydroxyl groups is 1. The Balaban J connectivity index is 2.24. The second-order valence-electron chi connectivity index (χ2n) is 3.80. The molecule has 3 heteroatoms. The summed E-state index contributed by atoms with van der Waals surface area (Å²) in [6.45, 7) is 2.39. The van der Waals surface area contributed by atoms with E-state index in [1.165, 1.54) is 29.9 Å². The van der Waals surface area contributed by atoms with E-state index in [2.05, 4.69) is 30.9 Å². The first-order valence-corrected chi connectivity index (χ1v) is 8.10. The summed E-state index contributed by atoms with van der Waals surface area (Å²) in [6.07, 6.45) is 4.54. The third-order valence-electron chi connectivity index (χ3n) is 2.25. The lowest BCUT2D eigenvalue weighted by atomic mass is 10.3. The molecule has 0 aliphatic rings. The summed E-state index contributed by atoms with van der Waals surface area (Å²) in [4.78, 5) is 2.52. The Bertz CT molecular complexity index is 360. The van der Waals surface area contributed by atoms with E-state index in [1.807, 2.05) is 11.8 Å². The molecule has 0 saturated carbocycles. The number of rotatable bonds is 7. The van der Waals surface area contributed by atoms with E-state index in [0.29, 0.717) is 6.42 Å². The zero-order chi connectivity index (χ0) is 12.3. The van der Waals surface area contributed by atoms with Gasteiger partial charge in [0.05, 0.1) is 11.5 Å². The fourth-order valence-electron chi connectivity index (χ4n) is 1.36. The summed E-state index contributed by atoms with van der Waals surface area (Å²) in [7, 11) is 0. The van der Waals surface area contributed by atoms with Gasteiger partial charge in [0, 0.05) is 17.1 Å². The Labute approximate surface area is 113 Å². The van der Waals surface area contributed by atoms with Gasteiger partial charge in [-0.2, -0.15) is 11.8 Å². The zero-order valence-corrected chi connectivity index (χ0v) is 12.0. The summed E-state index contributed by atoms with van der Waals surface area (Å²) in [5.74, 6) is 8.40. The molecule has 17 heavy (non-hydrogen) atoms. The van der Waals surface area contributed by atoms with Crippen molar-refractivity contribution in [2.24, 2.45) is 0 Å². The first-order chi connectivity index (χ1) is 8.36. The molecule has 0 fully saturated rings. The maximum Gasteiger partial charge on any atom is 0.0771 e. The highest BCUT2D eigenvalue weighted by atomic mass is 32.2. The smallest absolute Gasteiger partial charge is 0.0771 e. The molecule has 1 heterocycles. The summed E-state index contributed by atoms with van der Waals surface area (Å²) in [5, 5.41) is 8.63. The second kappa shape index (κ2) is 9.58. The van der Waals surface area contributed by atoms with Gasteiger partial charge in [-0.25, -0.2) is 0 Å². The molecule has 94 valence electrons. The fourth-order valence-corrected chi connectivity index (χ4v) is 3.37. The number of unbranched alkanes of at least 4 members (excludes halogenated alkanes) is 2. The molecule has 1 aromatic heterocycles. The minimum atomic E-state index is 0.151. The monoisotopic (exact) mass is 268 g/mol. The molecule has 0 spiro atoms. The molecule has 0 bridgehead atoms. The molecular weight excluding hydrogens is 248 g/mol. The van der Waals surface area contributed by atoms with Gasteiger partial charge in [0.25, 0.3) is 0 Å². The van der Waals surface area contributed by atoms with E-state index in [4.69, 9.17) is 5.11 Å². The molecule has 0 amide bonds. The van der Waals surface area contributed by atoms with Crippen LogP contribution in [0, 0.1) is 11.8 Å². The van der Waals surface area contributed by atoms with Crippen molar-refractivity contribution in [1.82, 2.24) is 0 Å². The van der Waals surface area contributed by atoms with Gasteiger partial charge in [0.1, 0.15) is 0 Å². The van der Waals surface area contributed by atoms with Gasteiger partial charge in [0.15, 0.2) is 0 Å². The lowest BCUT2D eigenvalue weighted by Gasteiger charge is -1.97. The molecule has 0 aromatic carbocycles. The number of hydrogen-bond donors (Lipinski definition) is 1. The summed E-state index contributed by atoms with van der Waals surface area (Å²) in [6, 6.07) is 4.25. The molecule has 1 nitrogen and oxygen atoms in total. The van der Waals surface area contributed by atoms with Crippen LogP contribution < -0.4 is 0 Å². The normalized spacial score (nSPS) is 10.0. The van der Waals surface area contributed by atoms with Crippen LogP contribution in [0.2, 0.25) is 0 Å². The second-order valence-corrected chi connectivity index (χ2v) is 6.07. The maximum absolute atomic E-state index is 8.63. The van der Waals surface area contributed by atoms with Crippen LogP contribution >= 0.6 is 23.1 Å². The summed E-state index contributed by atoms with van der Waals surface area (Å²) < 4.78 is 0. The number of aliphatic hydroxyl groups excluding tert-OH is 1. The maximum atomic E-state index is 8.63. The highest BCUT2D eigenvalue weighted by Crippen LogP contribution is 2.21. The van der Waals surface area contributed by atoms with E-state index in [1.54, 1.807) is 11.3 Å². The van der Waals surface area contributed by atoms with Gasteiger partial charge in [-0.1, -0.05) is 31.6 Å². The van der Waals surface area contributed by atoms with E-state index < -0.39 is 0 Å². The highest BCUT2D eigenvalue weighted by Gasteiger charge is 1.98. The molecule has 0 aliphatic carbocycles. The van der Waals surface area contributed by atoms with Crippen molar-refractivity contribution < 1.29 is 5.11 Å². The van der Waals surface area contributed by atoms with Crippen molar-refractivity contribution in [3.63, 3.8) is 0 Å². The van der Waals surface area contributed by atoms with Crippen molar-refractivity contribution in [3.05, 3.63) is 21.9 Å². The Hall–Kier alpha value is -0.430. The van der Waals surface area contributed by atoms with Crippen molar-refractivity contribution >= 4 is 23.1 Å². The number of thioether (sulfide) groups is 1. The van der Waals surface area contributed by atoms with E-state index >= 15 is 0 Å². The standard InChI is InChI=1S/C14H20OS2/c1-2-3-6-11-16-12-14-9-8-13(17-14)7-4-5-10-15/h8-9,15H,2-3,5-6,10-12H2,1H3. The van der Waals surface area contributed by atoms with E-state index in [9.17, 15) is 0 Å². The number of hydrogen-bond acceptors (Lipinski definition) is 3. The van der Waals surface area contributed by atoms with Crippen LogP contribution in [0.5, 0.6) is 0 Å². The Kier molecular flexibility index (Phi) is 8.25. The van der Waals surface area contributed by atoms with Crippen LogP contribution in [0.3, 0.4) is 0 Å². The van der Waals surface area contributed by atoms with Crippen LogP contribution in [-0.2, 0) is 5.75 Å². The molecule has 1 aromatic rings. The largest absolute Gasteiger partial charge is 0.395 e. The minimum Gasteiger partial charge on any atom is -0.395 e. The van der Waals surface area contributed by atoms with E-state index in [-0.39, 0.29) is 6.61 Å². The molecule has 0 saturated heterocycles. The predicted octanol–water partition coefficient (Wildman–Crippen LogP) is 3.91. The summed E-state index contributed by atoms with van der Waals surface area (Å²) in [5.41, 5.74) is 0. The molecule has 1 N–H and O–H groups in total. The highest BCUT2D eigenvalue weighted by molar-refractivity contribution is 7.98. The van der Waals surface area contributed by atoms with Crippen molar-refractivity contribution in [2.75, 3.05) is 12.4 Å².